The van der Waals surface area contributed by atoms with Gasteiger partial charge in [-0.05, 0) is 31.9 Å². The molecular weight excluding hydrogens is 150 g/mol. The Morgan fingerprint density at radius 1 is 1.50 bits per heavy atom. The molecule has 1 heterocycles. The van der Waals surface area contributed by atoms with Gasteiger partial charge in [-0.25, -0.2) is 0 Å². The lowest BCUT2D eigenvalue weighted by Gasteiger charge is -2.04. The van der Waals surface area contributed by atoms with Crippen LogP contribution in [0.4, 0.5) is 0 Å². The monoisotopic (exact) mass is 167 g/mol. The van der Waals surface area contributed by atoms with Crippen molar-refractivity contribution < 1.29 is 4.42 Å². The molecule has 1 unspecified atom stereocenters. The summed E-state index contributed by atoms with van der Waals surface area (Å²) in [4.78, 5) is 0. The summed E-state index contributed by atoms with van der Waals surface area (Å²) in [6, 6.07) is 2.31. The molecule has 0 radical (unpaired) electrons. The van der Waals surface area contributed by atoms with Crippen LogP contribution in [0.25, 0.3) is 0 Å². The van der Waals surface area contributed by atoms with Gasteiger partial charge < -0.3 is 10.2 Å². The van der Waals surface area contributed by atoms with Crippen molar-refractivity contribution in [3.63, 3.8) is 0 Å². The van der Waals surface area contributed by atoms with Gasteiger partial charge >= 0.3 is 0 Å². The molecule has 0 amide bonds. The Balaban J connectivity index is 2.64. The minimum absolute atomic E-state index is 0.231. The summed E-state index contributed by atoms with van der Waals surface area (Å²) < 4.78 is 5.51. The maximum Gasteiger partial charge on any atom is 0.105 e. The fraction of sp³-hybridized carbons (Fsp3) is 0.600. The fourth-order valence-electron chi connectivity index (χ4n) is 1.15. The van der Waals surface area contributed by atoms with Gasteiger partial charge in [0.05, 0.1) is 0 Å². The lowest BCUT2D eigenvalue weighted by atomic mass is 10.1. The molecule has 0 bridgehead atoms. The molecule has 0 fully saturated rings. The van der Waals surface area contributed by atoms with Gasteiger partial charge in [0.15, 0.2) is 0 Å². The van der Waals surface area contributed by atoms with Crippen molar-refractivity contribution in [1.29, 1.82) is 0 Å². The topological polar surface area (TPSA) is 39.2 Å². The average molecular weight is 167 g/mol. The number of furan rings is 1. The molecule has 1 rings (SSSR count). The summed E-state index contributed by atoms with van der Waals surface area (Å²) in [5.74, 6) is 2.02. The van der Waals surface area contributed by atoms with Crippen molar-refractivity contribution in [3.8, 4) is 0 Å². The van der Waals surface area contributed by atoms with Crippen LogP contribution in [0.3, 0.4) is 0 Å². The maximum absolute atomic E-state index is 5.80. The SMILES string of the molecule is CCC(N)Cc1cc(C)c(C)o1. The summed E-state index contributed by atoms with van der Waals surface area (Å²) in [6.07, 6.45) is 1.85. The lowest BCUT2D eigenvalue weighted by Crippen LogP contribution is -2.20. The highest BCUT2D eigenvalue weighted by Crippen LogP contribution is 2.14. The van der Waals surface area contributed by atoms with Crippen LogP contribution in [0.15, 0.2) is 10.5 Å². The highest BCUT2D eigenvalue weighted by molar-refractivity contribution is 5.19. The van der Waals surface area contributed by atoms with Crippen molar-refractivity contribution in [2.75, 3.05) is 0 Å². The summed E-state index contributed by atoms with van der Waals surface area (Å²) >= 11 is 0. The predicted molar refractivity (Wildman–Crippen MR) is 50.2 cm³/mol. The largest absolute Gasteiger partial charge is 0.466 e. The van der Waals surface area contributed by atoms with E-state index >= 15 is 0 Å². The Bertz CT molecular complexity index is 233. The van der Waals surface area contributed by atoms with E-state index in [-0.39, 0.29) is 6.04 Å². The van der Waals surface area contributed by atoms with Gasteiger partial charge in [0, 0.05) is 12.5 Å². The molecule has 1 aromatic heterocycles. The quantitative estimate of drug-likeness (QED) is 0.749. The molecule has 68 valence electrons. The molecule has 0 saturated carbocycles. The first-order valence-corrected chi connectivity index (χ1v) is 4.45. The summed E-state index contributed by atoms with van der Waals surface area (Å²) in [6.45, 7) is 6.13. The average Bonchev–Trinajstić information content (AvgIpc) is 2.31. The minimum atomic E-state index is 0.231. The summed E-state index contributed by atoms with van der Waals surface area (Å²) in [7, 11) is 0. The molecule has 1 aromatic rings. The number of hydrogen-bond donors (Lipinski definition) is 1. The highest BCUT2D eigenvalue weighted by atomic mass is 16.3. The van der Waals surface area contributed by atoms with Crippen LogP contribution in [-0.4, -0.2) is 6.04 Å². The zero-order chi connectivity index (χ0) is 9.14. The molecule has 0 aliphatic carbocycles. The molecule has 1 atom stereocenters. The van der Waals surface area contributed by atoms with E-state index in [0.29, 0.717) is 0 Å². The third-order valence-electron chi connectivity index (χ3n) is 2.20. The smallest absolute Gasteiger partial charge is 0.105 e. The van der Waals surface area contributed by atoms with E-state index in [4.69, 9.17) is 10.2 Å². The first-order valence-electron chi connectivity index (χ1n) is 4.45. The van der Waals surface area contributed by atoms with Crippen LogP contribution in [0, 0.1) is 13.8 Å². The molecule has 0 aromatic carbocycles. The molecule has 12 heavy (non-hydrogen) atoms. The lowest BCUT2D eigenvalue weighted by molar-refractivity contribution is 0.459. The Morgan fingerprint density at radius 3 is 2.58 bits per heavy atom. The molecule has 0 spiro atoms. The fourth-order valence-corrected chi connectivity index (χ4v) is 1.15. The third-order valence-corrected chi connectivity index (χ3v) is 2.20. The Kier molecular flexibility index (Phi) is 2.93. The van der Waals surface area contributed by atoms with Gasteiger partial charge in [-0.15, -0.1) is 0 Å². The number of aryl methyl sites for hydroxylation is 2. The van der Waals surface area contributed by atoms with E-state index in [9.17, 15) is 0 Å². The van der Waals surface area contributed by atoms with Gasteiger partial charge in [-0.2, -0.15) is 0 Å². The van der Waals surface area contributed by atoms with Crippen LogP contribution < -0.4 is 5.73 Å². The van der Waals surface area contributed by atoms with Crippen LogP contribution in [0.2, 0.25) is 0 Å². The van der Waals surface area contributed by atoms with Gasteiger partial charge in [-0.1, -0.05) is 6.92 Å². The van der Waals surface area contributed by atoms with Crippen LogP contribution in [0.5, 0.6) is 0 Å². The first kappa shape index (κ1) is 9.33. The molecule has 0 aliphatic rings. The summed E-state index contributed by atoms with van der Waals surface area (Å²) in [5, 5.41) is 0. The van der Waals surface area contributed by atoms with Crippen LogP contribution >= 0.6 is 0 Å². The van der Waals surface area contributed by atoms with E-state index < -0.39 is 0 Å². The predicted octanol–water partition coefficient (Wildman–Crippen LogP) is 2.18. The van der Waals surface area contributed by atoms with Crippen molar-refractivity contribution in [3.05, 3.63) is 23.2 Å². The van der Waals surface area contributed by atoms with Gasteiger partial charge in [0.1, 0.15) is 11.5 Å². The Morgan fingerprint density at radius 2 is 2.17 bits per heavy atom. The van der Waals surface area contributed by atoms with Crippen LogP contribution in [-0.2, 0) is 6.42 Å². The molecule has 0 aliphatic heterocycles. The van der Waals surface area contributed by atoms with Crippen molar-refractivity contribution in [2.45, 2.75) is 39.7 Å². The van der Waals surface area contributed by atoms with Crippen molar-refractivity contribution >= 4 is 0 Å². The Hall–Kier alpha value is -0.760. The second-order valence-electron chi connectivity index (χ2n) is 3.32. The van der Waals surface area contributed by atoms with Crippen molar-refractivity contribution in [1.82, 2.24) is 0 Å². The molecule has 2 nitrogen and oxygen atoms in total. The number of rotatable bonds is 3. The normalized spacial score (nSPS) is 13.3. The standard InChI is InChI=1S/C10H17NO/c1-4-9(11)6-10-5-7(2)8(3)12-10/h5,9H,4,6,11H2,1-3H3. The summed E-state index contributed by atoms with van der Waals surface area (Å²) in [5.41, 5.74) is 7.02. The third kappa shape index (κ3) is 2.11. The van der Waals surface area contributed by atoms with Crippen LogP contribution in [0.1, 0.15) is 30.4 Å². The number of hydrogen-bond acceptors (Lipinski definition) is 2. The zero-order valence-corrected chi connectivity index (χ0v) is 8.05. The molecule has 2 N–H and O–H groups in total. The van der Waals surface area contributed by atoms with Gasteiger partial charge in [-0.3, -0.25) is 0 Å². The van der Waals surface area contributed by atoms with E-state index in [1.807, 2.05) is 6.92 Å². The molecule has 2 heteroatoms. The van der Waals surface area contributed by atoms with Gasteiger partial charge in [0.25, 0.3) is 0 Å². The number of nitrogens with two attached hydrogens (primary N) is 1. The molecular formula is C10H17NO. The van der Waals surface area contributed by atoms with E-state index in [2.05, 4.69) is 19.9 Å². The second-order valence-corrected chi connectivity index (χ2v) is 3.32. The zero-order valence-electron chi connectivity index (χ0n) is 8.05. The Labute approximate surface area is 73.8 Å². The van der Waals surface area contributed by atoms with E-state index in [1.165, 1.54) is 5.56 Å². The second kappa shape index (κ2) is 3.76. The van der Waals surface area contributed by atoms with E-state index in [1.54, 1.807) is 0 Å². The maximum atomic E-state index is 5.80. The van der Waals surface area contributed by atoms with E-state index in [0.717, 1.165) is 24.4 Å². The van der Waals surface area contributed by atoms with Crippen molar-refractivity contribution in [2.24, 2.45) is 5.73 Å². The van der Waals surface area contributed by atoms with Gasteiger partial charge in [0.2, 0.25) is 0 Å². The molecule has 0 saturated heterocycles. The minimum Gasteiger partial charge on any atom is -0.466 e. The highest BCUT2D eigenvalue weighted by Gasteiger charge is 2.06. The first-order chi connectivity index (χ1) is 5.63.